The van der Waals surface area contributed by atoms with Crippen molar-refractivity contribution in [1.82, 2.24) is 14.7 Å². The van der Waals surface area contributed by atoms with Gasteiger partial charge in [-0.2, -0.15) is 0 Å². The van der Waals surface area contributed by atoms with Crippen molar-refractivity contribution in [2.24, 2.45) is 11.8 Å². The van der Waals surface area contributed by atoms with Crippen LogP contribution < -0.4 is 0 Å². The number of nitrogens with zero attached hydrogens (tertiary/aromatic N) is 3. The molecule has 1 N–H and O–H groups in total. The lowest BCUT2D eigenvalue weighted by Gasteiger charge is -2.39. The third-order valence-corrected chi connectivity index (χ3v) is 6.60. The lowest BCUT2D eigenvalue weighted by Crippen LogP contribution is -2.53. The lowest BCUT2D eigenvalue weighted by molar-refractivity contribution is -0.130. The molecule has 0 aromatic carbocycles. The number of carbonyl (C=O) groups excluding carboxylic acids is 1. The van der Waals surface area contributed by atoms with Crippen molar-refractivity contribution in [2.75, 3.05) is 45.8 Å². The van der Waals surface area contributed by atoms with E-state index in [1.807, 2.05) is 4.90 Å². The number of amides is 1. The average Bonchev–Trinajstić information content (AvgIpc) is 2.90. The van der Waals surface area contributed by atoms with E-state index in [-0.39, 0.29) is 5.91 Å². The molecular formula is C19H35N3O2. The van der Waals surface area contributed by atoms with Gasteiger partial charge in [-0.25, -0.2) is 0 Å². The first-order valence-electron chi connectivity index (χ1n) is 9.80. The third-order valence-electron chi connectivity index (χ3n) is 6.60. The number of likely N-dealkylation sites (tertiary alicyclic amines) is 1. The summed E-state index contributed by atoms with van der Waals surface area (Å²) in [6, 6.07) is 0.574. The summed E-state index contributed by atoms with van der Waals surface area (Å²) in [5.74, 6) is 1.61. The van der Waals surface area contributed by atoms with Gasteiger partial charge in [-0.1, -0.05) is 13.8 Å². The highest BCUT2D eigenvalue weighted by Crippen LogP contribution is 2.34. The number of hydrogen-bond donors (Lipinski definition) is 1. The van der Waals surface area contributed by atoms with Gasteiger partial charge in [-0.3, -0.25) is 14.6 Å². The van der Waals surface area contributed by atoms with E-state index in [9.17, 15) is 9.90 Å². The first-order chi connectivity index (χ1) is 11.4. The number of β-amino-alcohol motifs (C(OH)–C–C–N with tert-alkyl or cyclic N) is 1. The Labute approximate surface area is 147 Å². The smallest absolute Gasteiger partial charge is 0.219 e. The summed E-state index contributed by atoms with van der Waals surface area (Å²) in [5, 5.41) is 10.9. The first kappa shape index (κ1) is 18.2. The second-order valence-corrected chi connectivity index (χ2v) is 8.69. The molecule has 138 valence electrons. The highest BCUT2D eigenvalue weighted by atomic mass is 16.3. The molecule has 3 rings (SSSR count). The maximum Gasteiger partial charge on any atom is 0.219 e. The molecule has 0 unspecified atom stereocenters. The fourth-order valence-corrected chi connectivity index (χ4v) is 4.89. The van der Waals surface area contributed by atoms with Gasteiger partial charge in [-0.15, -0.1) is 0 Å². The molecule has 2 atom stereocenters. The van der Waals surface area contributed by atoms with Crippen molar-refractivity contribution in [3.8, 4) is 0 Å². The van der Waals surface area contributed by atoms with Crippen LogP contribution in [0.2, 0.25) is 0 Å². The highest BCUT2D eigenvalue weighted by Gasteiger charge is 2.40. The van der Waals surface area contributed by atoms with Gasteiger partial charge < -0.3 is 10.0 Å². The van der Waals surface area contributed by atoms with Crippen molar-refractivity contribution in [3.05, 3.63) is 0 Å². The highest BCUT2D eigenvalue weighted by molar-refractivity contribution is 5.73. The van der Waals surface area contributed by atoms with E-state index < -0.39 is 5.60 Å². The van der Waals surface area contributed by atoms with E-state index in [0.29, 0.717) is 12.0 Å². The molecule has 1 aliphatic carbocycles. The molecule has 5 heteroatoms. The summed E-state index contributed by atoms with van der Waals surface area (Å²) < 4.78 is 0. The molecule has 0 bridgehead atoms. The summed E-state index contributed by atoms with van der Waals surface area (Å²) in [4.78, 5) is 18.5. The van der Waals surface area contributed by atoms with Crippen molar-refractivity contribution in [2.45, 2.75) is 58.1 Å². The van der Waals surface area contributed by atoms with Crippen LogP contribution in [0.1, 0.15) is 46.5 Å². The standard InChI is InChI=1S/C19H35N3O2/c1-15-4-6-19(24,7-5-15)14-20-12-16(2)18(13-20)22-10-8-21(9-11-22)17(3)23/h15-16,18,24H,4-14H2,1-3H3/t15?,16-,18-,19?/m0/s1. The SMILES string of the molecule is CC(=O)N1CCN([C@H]2CN(CC3(O)CCC(C)CC3)C[C@@H]2C)CC1. The molecule has 2 heterocycles. The quantitative estimate of drug-likeness (QED) is 0.846. The number of aliphatic hydroxyl groups is 1. The second-order valence-electron chi connectivity index (χ2n) is 8.69. The zero-order valence-corrected chi connectivity index (χ0v) is 15.7. The molecule has 0 spiro atoms. The minimum atomic E-state index is -0.464. The van der Waals surface area contributed by atoms with Gasteiger partial charge in [0.05, 0.1) is 5.60 Å². The van der Waals surface area contributed by atoms with Crippen LogP contribution in [-0.2, 0) is 4.79 Å². The van der Waals surface area contributed by atoms with Gasteiger partial charge in [0, 0.05) is 58.8 Å². The zero-order valence-electron chi connectivity index (χ0n) is 15.7. The minimum Gasteiger partial charge on any atom is -0.389 e. The summed E-state index contributed by atoms with van der Waals surface area (Å²) in [6.07, 6.45) is 4.24. The Hall–Kier alpha value is -0.650. The molecular weight excluding hydrogens is 302 g/mol. The number of hydrogen-bond acceptors (Lipinski definition) is 4. The molecule has 2 saturated heterocycles. The predicted molar refractivity (Wildman–Crippen MR) is 95.8 cm³/mol. The van der Waals surface area contributed by atoms with Crippen molar-refractivity contribution in [3.63, 3.8) is 0 Å². The summed E-state index contributed by atoms with van der Waals surface area (Å²) >= 11 is 0. The molecule has 24 heavy (non-hydrogen) atoms. The van der Waals surface area contributed by atoms with Crippen molar-refractivity contribution >= 4 is 5.91 Å². The van der Waals surface area contributed by atoms with Gasteiger partial charge in [0.1, 0.15) is 0 Å². The molecule has 2 aliphatic heterocycles. The largest absolute Gasteiger partial charge is 0.389 e. The van der Waals surface area contributed by atoms with Gasteiger partial charge >= 0.3 is 0 Å². The fourth-order valence-electron chi connectivity index (χ4n) is 4.89. The Morgan fingerprint density at radius 3 is 2.29 bits per heavy atom. The monoisotopic (exact) mass is 337 g/mol. The van der Waals surface area contributed by atoms with Crippen LogP contribution in [0.5, 0.6) is 0 Å². The van der Waals surface area contributed by atoms with Crippen LogP contribution in [0.25, 0.3) is 0 Å². The van der Waals surface area contributed by atoms with E-state index in [2.05, 4.69) is 23.6 Å². The minimum absolute atomic E-state index is 0.199. The molecule has 0 aromatic heterocycles. The van der Waals surface area contributed by atoms with E-state index >= 15 is 0 Å². The molecule has 1 saturated carbocycles. The third kappa shape index (κ3) is 4.12. The van der Waals surface area contributed by atoms with Crippen LogP contribution >= 0.6 is 0 Å². The molecule has 1 amide bonds. The van der Waals surface area contributed by atoms with Gasteiger partial charge in [-0.05, 0) is 37.5 Å². The molecule has 0 aromatic rings. The van der Waals surface area contributed by atoms with E-state index in [1.54, 1.807) is 6.92 Å². The predicted octanol–water partition coefficient (Wildman–Crippen LogP) is 1.41. The normalized spacial score (nSPS) is 39.3. The van der Waals surface area contributed by atoms with Gasteiger partial charge in [0.25, 0.3) is 0 Å². The number of rotatable bonds is 3. The Morgan fingerprint density at radius 2 is 1.71 bits per heavy atom. The Bertz CT molecular complexity index is 440. The maximum absolute atomic E-state index is 11.5. The summed E-state index contributed by atoms with van der Waals surface area (Å²) in [6.45, 7) is 13.0. The van der Waals surface area contributed by atoms with E-state index in [0.717, 1.165) is 77.4 Å². The zero-order chi connectivity index (χ0) is 17.3. The fraction of sp³-hybridized carbons (Fsp3) is 0.947. The average molecular weight is 338 g/mol. The Morgan fingerprint density at radius 1 is 1.08 bits per heavy atom. The Kier molecular flexibility index (Phi) is 5.52. The van der Waals surface area contributed by atoms with Crippen molar-refractivity contribution in [1.29, 1.82) is 0 Å². The van der Waals surface area contributed by atoms with Crippen LogP contribution in [0, 0.1) is 11.8 Å². The van der Waals surface area contributed by atoms with E-state index in [1.165, 1.54) is 0 Å². The van der Waals surface area contributed by atoms with Crippen LogP contribution in [0.4, 0.5) is 0 Å². The van der Waals surface area contributed by atoms with Crippen LogP contribution in [0.15, 0.2) is 0 Å². The summed E-state index contributed by atoms with van der Waals surface area (Å²) in [7, 11) is 0. The molecule has 3 aliphatic rings. The second kappa shape index (κ2) is 7.30. The van der Waals surface area contributed by atoms with Crippen molar-refractivity contribution < 1.29 is 9.90 Å². The lowest BCUT2D eigenvalue weighted by atomic mass is 9.79. The number of carbonyl (C=O) groups is 1. The van der Waals surface area contributed by atoms with E-state index in [4.69, 9.17) is 0 Å². The summed E-state index contributed by atoms with van der Waals surface area (Å²) in [5.41, 5.74) is -0.464. The van der Waals surface area contributed by atoms with Crippen LogP contribution in [-0.4, -0.2) is 83.2 Å². The van der Waals surface area contributed by atoms with Gasteiger partial charge in [0.15, 0.2) is 0 Å². The van der Waals surface area contributed by atoms with Crippen LogP contribution in [0.3, 0.4) is 0 Å². The Balaban J connectivity index is 1.51. The maximum atomic E-state index is 11.5. The molecule has 5 nitrogen and oxygen atoms in total. The molecule has 3 fully saturated rings. The number of piperazine rings is 1. The first-order valence-corrected chi connectivity index (χ1v) is 9.80. The molecule has 0 radical (unpaired) electrons. The van der Waals surface area contributed by atoms with Gasteiger partial charge in [0.2, 0.25) is 5.91 Å². The topological polar surface area (TPSA) is 47.0 Å².